The minimum atomic E-state index is -5.08. The maximum atomic E-state index is 13.1. The highest BCUT2D eigenvalue weighted by molar-refractivity contribution is 5.73. The lowest BCUT2D eigenvalue weighted by Crippen LogP contribution is -2.35. The standard InChI is InChI=1S/C18H15F6N3.C2HF3O2/c19-17(20,21)12-27(8-2-4-13-3-1-7-26-11-13)15-6-5-14(10-25)16(9-15)18(22,23)24;3-2(4,5)1(6)7/h1,3,5-7,9,11H,2,4,8,12H2;(H,6,7). The molecule has 5 nitrogen and oxygen atoms in total. The van der Waals surface area contributed by atoms with Crippen molar-refractivity contribution in [3.05, 3.63) is 59.4 Å². The van der Waals surface area contributed by atoms with Gasteiger partial charge < -0.3 is 10.0 Å². The molecule has 0 aliphatic heterocycles. The second kappa shape index (κ2) is 11.6. The molecule has 0 unspecified atom stereocenters. The van der Waals surface area contributed by atoms with Crippen molar-refractivity contribution in [1.82, 2.24) is 4.98 Å². The van der Waals surface area contributed by atoms with Gasteiger partial charge in [-0.15, -0.1) is 0 Å². The number of aliphatic carboxylic acids is 1. The number of hydrogen-bond acceptors (Lipinski definition) is 4. The normalized spacial score (nSPS) is 11.8. The summed E-state index contributed by atoms with van der Waals surface area (Å²) in [6.07, 6.45) is -10.6. The molecule has 0 aliphatic rings. The van der Waals surface area contributed by atoms with Crippen molar-refractivity contribution in [3.63, 3.8) is 0 Å². The molecule has 0 fully saturated rings. The number of halogens is 9. The van der Waals surface area contributed by atoms with Gasteiger partial charge in [-0.1, -0.05) is 6.07 Å². The predicted molar refractivity (Wildman–Crippen MR) is 101 cm³/mol. The van der Waals surface area contributed by atoms with Crippen LogP contribution >= 0.6 is 0 Å². The fourth-order valence-electron chi connectivity index (χ4n) is 2.60. The molecule has 2 aromatic rings. The average Bonchev–Trinajstić information content (AvgIpc) is 2.71. The van der Waals surface area contributed by atoms with Gasteiger partial charge in [0, 0.05) is 24.6 Å². The number of pyridine rings is 1. The van der Waals surface area contributed by atoms with Crippen LogP contribution in [0.4, 0.5) is 45.2 Å². The summed E-state index contributed by atoms with van der Waals surface area (Å²) in [6.45, 7) is -1.49. The number of carboxylic acid groups (broad SMARTS) is 1. The second-order valence-corrected chi connectivity index (χ2v) is 6.64. The lowest BCUT2D eigenvalue weighted by molar-refractivity contribution is -0.192. The number of carboxylic acids is 1. The highest BCUT2D eigenvalue weighted by Crippen LogP contribution is 2.35. The first kappa shape index (κ1) is 28.5. The lowest BCUT2D eigenvalue weighted by Gasteiger charge is -2.27. The molecule has 0 saturated heterocycles. The van der Waals surface area contributed by atoms with Gasteiger partial charge in [-0.2, -0.15) is 44.8 Å². The molecule has 0 bridgehead atoms. The van der Waals surface area contributed by atoms with Crippen molar-refractivity contribution in [3.8, 4) is 6.07 Å². The van der Waals surface area contributed by atoms with E-state index in [-0.39, 0.29) is 12.2 Å². The summed E-state index contributed by atoms with van der Waals surface area (Å²) in [5.41, 5.74) is -1.29. The molecule has 186 valence electrons. The van der Waals surface area contributed by atoms with E-state index in [0.717, 1.165) is 22.6 Å². The topological polar surface area (TPSA) is 77.2 Å². The van der Waals surface area contributed by atoms with Crippen LogP contribution in [0.25, 0.3) is 0 Å². The monoisotopic (exact) mass is 501 g/mol. The Morgan fingerprint density at radius 2 is 1.68 bits per heavy atom. The SMILES string of the molecule is N#Cc1ccc(N(CCCc2cccnc2)CC(F)(F)F)cc1C(F)(F)F.O=C(O)C(F)(F)F. The summed E-state index contributed by atoms with van der Waals surface area (Å²) in [5, 5.41) is 15.9. The highest BCUT2D eigenvalue weighted by Gasteiger charge is 2.38. The number of alkyl halides is 9. The largest absolute Gasteiger partial charge is 0.490 e. The maximum absolute atomic E-state index is 13.1. The Morgan fingerprint density at radius 1 is 1.06 bits per heavy atom. The summed E-state index contributed by atoms with van der Waals surface area (Å²) < 4.78 is 110. The quantitative estimate of drug-likeness (QED) is 0.521. The Morgan fingerprint density at radius 3 is 2.12 bits per heavy atom. The van der Waals surface area contributed by atoms with E-state index >= 15 is 0 Å². The first-order valence-electron chi connectivity index (χ1n) is 9.16. The smallest absolute Gasteiger partial charge is 0.475 e. The van der Waals surface area contributed by atoms with Crippen molar-refractivity contribution in [1.29, 1.82) is 5.26 Å². The van der Waals surface area contributed by atoms with E-state index in [4.69, 9.17) is 15.2 Å². The van der Waals surface area contributed by atoms with Crippen LogP contribution in [0, 0.1) is 11.3 Å². The van der Waals surface area contributed by atoms with Gasteiger partial charge in [0.05, 0.1) is 17.2 Å². The zero-order valence-electron chi connectivity index (χ0n) is 17.0. The van der Waals surface area contributed by atoms with Gasteiger partial charge in [0.2, 0.25) is 0 Å². The Bertz CT molecular complexity index is 982. The molecule has 0 aliphatic carbocycles. The summed E-state index contributed by atoms with van der Waals surface area (Å²) in [7, 11) is 0. The van der Waals surface area contributed by atoms with Crippen LogP contribution in [-0.4, -0.2) is 41.5 Å². The zero-order valence-corrected chi connectivity index (χ0v) is 17.0. The number of nitriles is 1. The van der Waals surface area contributed by atoms with Crippen molar-refractivity contribution in [2.45, 2.75) is 31.4 Å². The van der Waals surface area contributed by atoms with Crippen LogP contribution in [0.2, 0.25) is 0 Å². The number of hydrogen-bond donors (Lipinski definition) is 1. The fourth-order valence-corrected chi connectivity index (χ4v) is 2.60. The van der Waals surface area contributed by atoms with Crippen LogP contribution in [-0.2, 0) is 17.4 Å². The maximum Gasteiger partial charge on any atom is 0.490 e. The number of carbonyl (C=O) groups is 1. The number of aryl methyl sites for hydroxylation is 1. The van der Waals surface area contributed by atoms with Gasteiger partial charge in [-0.25, -0.2) is 4.79 Å². The molecule has 34 heavy (non-hydrogen) atoms. The lowest BCUT2D eigenvalue weighted by atomic mass is 10.1. The molecule has 1 heterocycles. The molecule has 2 rings (SSSR count). The summed E-state index contributed by atoms with van der Waals surface area (Å²) in [5.74, 6) is -2.76. The van der Waals surface area contributed by atoms with Crippen LogP contribution in [0.3, 0.4) is 0 Å². The number of nitrogens with zero attached hydrogens (tertiary/aromatic N) is 3. The highest BCUT2D eigenvalue weighted by atomic mass is 19.4. The first-order valence-corrected chi connectivity index (χ1v) is 9.16. The number of aromatic nitrogens is 1. The molecule has 14 heteroatoms. The molecule has 0 spiro atoms. The molecular weight excluding hydrogens is 485 g/mol. The summed E-state index contributed by atoms with van der Waals surface area (Å²) in [6, 6.07) is 7.46. The minimum Gasteiger partial charge on any atom is -0.475 e. The van der Waals surface area contributed by atoms with E-state index in [1.807, 2.05) is 0 Å². The van der Waals surface area contributed by atoms with Crippen molar-refractivity contribution >= 4 is 11.7 Å². The van der Waals surface area contributed by atoms with Crippen molar-refractivity contribution in [2.75, 3.05) is 18.0 Å². The van der Waals surface area contributed by atoms with E-state index in [0.29, 0.717) is 18.9 Å². The summed E-state index contributed by atoms with van der Waals surface area (Å²) >= 11 is 0. The van der Waals surface area contributed by atoms with Gasteiger partial charge in [0.25, 0.3) is 0 Å². The van der Waals surface area contributed by atoms with Crippen molar-refractivity contribution < 1.29 is 49.4 Å². The van der Waals surface area contributed by atoms with Crippen LogP contribution < -0.4 is 4.90 Å². The minimum absolute atomic E-state index is 0.0996. The van der Waals surface area contributed by atoms with Gasteiger partial charge in [0.15, 0.2) is 0 Å². The molecule has 0 amide bonds. The first-order chi connectivity index (χ1) is 15.5. The van der Waals surface area contributed by atoms with Crippen molar-refractivity contribution in [2.24, 2.45) is 0 Å². The fraction of sp³-hybridized carbons (Fsp3) is 0.350. The second-order valence-electron chi connectivity index (χ2n) is 6.64. The molecule has 0 atom stereocenters. The van der Waals surface area contributed by atoms with E-state index in [9.17, 15) is 39.5 Å². The van der Waals surface area contributed by atoms with E-state index < -0.39 is 42.2 Å². The van der Waals surface area contributed by atoms with Crippen LogP contribution in [0.5, 0.6) is 0 Å². The number of rotatable bonds is 6. The number of benzene rings is 1. The average molecular weight is 501 g/mol. The van der Waals surface area contributed by atoms with Gasteiger partial charge >= 0.3 is 24.5 Å². The molecular formula is C20H16F9N3O2. The molecule has 0 saturated carbocycles. The van der Waals surface area contributed by atoms with E-state index in [1.165, 1.54) is 6.07 Å². The van der Waals surface area contributed by atoms with Crippen LogP contribution in [0.1, 0.15) is 23.1 Å². The van der Waals surface area contributed by atoms with Gasteiger partial charge in [-0.3, -0.25) is 4.98 Å². The summed E-state index contributed by atoms with van der Waals surface area (Å²) in [4.78, 5) is 13.6. The zero-order chi connectivity index (χ0) is 26.2. The molecule has 1 aromatic heterocycles. The third kappa shape index (κ3) is 9.97. The Kier molecular flexibility index (Phi) is 9.71. The third-order valence-corrected chi connectivity index (χ3v) is 4.02. The number of anilines is 1. The molecule has 1 N–H and O–H groups in total. The van der Waals surface area contributed by atoms with Crippen LogP contribution in [0.15, 0.2) is 42.7 Å². The Hall–Kier alpha value is -3.50. The van der Waals surface area contributed by atoms with E-state index in [2.05, 4.69) is 4.98 Å². The molecule has 0 radical (unpaired) electrons. The third-order valence-electron chi connectivity index (χ3n) is 4.02. The Balaban J connectivity index is 0.000000718. The Labute approximate surface area is 187 Å². The van der Waals surface area contributed by atoms with Gasteiger partial charge in [-0.05, 0) is 42.7 Å². The van der Waals surface area contributed by atoms with E-state index in [1.54, 1.807) is 24.5 Å². The predicted octanol–water partition coefficient (Wildman–Crippen LogP) is 5.61. The molecule has 1 aromatic carbocycles. The van der Waals surface area contributed by atoms with Gasteiger partial charge in [0.1, 0.15) is 6.54 Å².